The number of allylic oxidation sites excluding steroid dienone is 2. The smallest absolute Gasteiger partial charge is 0.328 e. The summed E-state index contributed by atoms with van der Waals surface area (Å²) in [5.74, 6) is -0.199. The number of ketones is 1. The van der Waals surface area contributed by atoms with Crippen molar-refractivity contribution in [2.75, 3.05) is 13.2 Å². The Bertz CT molecular complexity index is 796. The fourth-order valence-electron chi connectivity index (χ4n) is 3.06. The lowest BCUT2D eigenvalue weighted by Crippen LogP contribution is -2.25. The lowest BCUT2D eigenvalue weighted by atomic mass is 9.89. The van der Waals surface area contributed by atoms with Gasteiger partial charge in [-0.15, -0.1) is 0 Å². The predicted octanol–water partition coefficient (Wildman–Crippen LogP) is 3.51. The number of hydrogen-bond acceptors (Lipinski definition) is 6. The number of hydrogen-bond donors (Lipinski definition) is 2. The van der Waals surface area contributed by atoms with E-state index in [1.807, 2.05) is 13.8 Å². The van der Waals surface area contributed by atoms with E-state index >= 15 is 0 Å². The van der Waals surface area contributed by atoms with E-state index in [-0.39, 0.29) is 23.5 Å². The molecule has 0 radical (unpaired) electrons. The van der Waals surface area contributed by atoms with Crippen LogP contribution in [0.15, 0.2) is 34.5 Å². The fourth-order valence-corrected chi connectivity index (χ4v) is 3.06. The van der Waals surface area contributed by atoms with Gasteiger partial charge in [0.1, 0.15) is 11.8 Å². The summed E-state index contributed by atoms with van der Waals surface area (Å²) < 4.78 is 11.1. The number of ether oxygens (including phenoxy) is 2. The number of nitrogens with zero attached hydrogens (tertiary/aromatic N) is 1. The third-order valence-electron chi connectivity index (χ3n) is 4.36. The zero-order valence-electron chi connectivity index (χ0n) is 16.5. The highest BCUT2D eigenvalue weighted by Gasteiger charge is 2.27. The van der Waals surface area contributed by atoms with Crippen molar-refractivity contribution >= 4 is 17.5 Å². The van der Waals surface area contributed by atoms with Gasteiger partial charge in [0.05, 0.1) is 24.5 Å². The van der Waals surface area contributed by atoms with Gasteiger partial charge >= 0.3 is 5.97 Å². The highest BCUT2D eigenvalue weighted by Crippen LogP contribution is 2.30. The molecule has 0 bridgehead atoms. The van der Waals surface area contributed by atoms with Gasteiger partial charge in [0.15, 0.2) is 17.3 Å². The number of aliphatic hydroxyl groups is 1. The number of carboxylic acid groups (broad SMARTS) is 1. The second-order valence-electron chi connectivity index (χ2n) is 6.51. The maximum absolute atomic E-state index is 12.4. The number of benzene rings is 1. The second-order valence-corrected chi connectivity index (χ2v) is 6.51. The number of aliphatic hydroxyl groups excluding tert-OH is 1. The SMILES string of the molecule is CCOc1ccc(C/C(O)=C2/C(=O)CCCC2=NC(C)C(=O)O)cc1OCC. The molecule has 1 saturated carbocycles. The molecule has 152 valence electrons. The highest BCUT2D eigenvalue weighted by molar-refractivity contribution is 6.24. The zero-order chi connectivity index (χ0) is 20.7. The minimum atomic E-state index is -1.07. The highest BCUT2D eigenvalue weighted by atomic mass is 16.5. The van der Waals surface area contributed by atoms with Crippen LogP contribution >= 0.6 is 0 Å². The van der Waals surface area contributed by atoms with E-state index in [0.717, 1.165) is 5.56 Å². The molecule has 2 N–H and O–H groups in total. The third kappa shape index (κ3) is 5.34. The molecule has 0 aliphatic heterocycles. The first-order chi connectivity index (χ1) is 13.4. The molecule has 28 heavy (non-hydrogen) atoms. The molecule has 7 heteroatoms. The Morgan fingerprint density at radius 2 is 1.82 bits per heavy atom. The molecule has 1 aromatic rings. The number of aliphatic carboxylic acids is 1. The lowest BCUT2D eigenvalue weighted by molar-refractivity contribution is -0.138. The van der Waals surface area contributed by atoms with E-state index in [1.54, 1.807) is 18.2 Å². The first-order valence-electron chi connectivity index (χ1n) is 9.51. The van der Waals surface area contributed by atoms with Crippen LogP contribution in [0.4, 0.5) is 0 Å². The van der Waals surface area contributed by atoms with Crippen molar-refractivity contribution < 1.29 is 29.3 Å². The second kappa shape index (κ2) is 9.92. The van der Waals surface area contributed by atoms with E-state index in [9.17, 15) is 14.7 Å². The molecule has 1 atom stereocenters. The van der Waals surface area contributed by atoms with E-state index in [2.05, 4.69) is 4.99 Å². The Balaban J connectivity index is 2.36. The molecule has 1 aliphatic rings. The molecule has 1 aliphatic carbocycles. The first kappa shape index (κ1) is 21.5. The molecule has 1 unspecified atom stereocenters. The van der Waals surface area contributed by atoms with E-state index in [1.165, 1.54) is 6.92 Å². The number of aliphatic imine (C=N–C) groups is 1. The first-order valence-corrected chi connectivity index (χ1v) is 9.51. The summed E-state index contributed by atoms with van der Waals surface area (Å²) in [6, 6.07) is 4.37. The Morgan fingerprint density at radius 1 is 1.14 bits per heavy atom. The lowest BCUT2D eigenvalue weighted by Gasteiger charge is -2.19. The number of rotatable bonds is 8. The van der Waals surface area contributed by atoms with Crippen LogP contribution in [0.2, 0.25) is 0 Å². The predicted molar refractivity (Wildman–Crippen MR) is 106 cm³/mol. The van der Waals surface area contributed by atoms with Crippen molar-refractivity contribution in [3.8, 4) is 11.5 Å². The quantitative estimate of drug-likeness (QED) is 0.521. The van der Waals surface area contributed by atoms with Gasteiger partial charge in [-0.2, -0.15) is 0 Å². The molecule has 0 spiro atoms. The fraction of sp³-hybridized carbons (Fsp3) is 0.476. The van der Waals surface area contributed by atoms with Crippen LogP contribution in [0.1, 0.15) is 45.6 Å². The summed E-state index contributed by atoms with van der Waals surface area (Å²) in [5, 5.41) is 19.8. The third-order valence-corrected chi connectivity index (χ3v) is 4.36. The van der Waals surface area contributed by atoms with Gasteiger partial charge in [-0.3, -0.25) is 9.79 Å². The summed E-state index contributed by atoms with van der Waals surface area (Å²) >= 11 is 0. The maximum atomic E-state index is 12.4. The molecule has 0 heterocycles. The zero-order valence-corrected chi connectivity index (χ0v) is 16.5. The van der Waals surface area contributed by atoms with Gasteiger partial charge in [0.25, 0.3) is 0 Å². The Hall–Kier alpha value is -2.83. The summed E-state index contributed by atoms with van der Waals surface area (Å²) in [4.78, 5) is 27.7. The summed E-state index contributed by atoms with van der Waals surface area (Å²) in [6.07, 6.45) is 1.50. The monoisotopic (exact) mass is 389 g/mol. The van der Waals surface area contributed by atoms with Crippen LogP contribution in [-0.2, 0) is 16.0 Å². The van der Waals surface area contributed by atoms with Crippen molar-refractivity contribution in [3.63, 3.8) is 0 Å². The van der Waals surface area contributed by atoms with Gasteiger partial charge in [-0.25, -0.2) is 4.79 Å². The number of carbonyl (C=O) groups excluding carboxylic acids is 1. The summed E-state index contributed by atoms with van der Waals surface area (Å²) in [6.45, 7) is 6.18. The van der Waals surface area contributed by atoms with Gasteiger partial charge in [-0.05, 0) is 51.3 Å². The average Bonchev–Trinajstić information content (AvgIpc) is 2.64. The number of Topliss-reactive ketones (excluding diaryl/α,β-unsaturated/α-hetero) is 1. The maximum Gasteiger partial charge on any atom is 0.328 e. The summed E-state index contributed by atoms with van der Waals surface area (Å²) in [5.41, 5.74) is 1.26. The Labute approximate surface area is 164 Å². The van der Waals surface area contributed by atoms with Crippen LogP contribution in [0.5, 0.6) is 11.5 Å². The standard InChI is InChI=1S/C21H27NO6/c1-4-27-18-10-9-14(12-19(18)28-5-2)11-17(24)20-15(7-6-8-16(20)23)22-13(3)21(25)26/h9-10,12-13,24H,4-8,11H2,1-3H3,(H,25,26)/b20-17-,22-15?. The van der Waals surface area contributed by atoms with Crippen LogP contribution in [0, 0.1) is 0 Å². The molecular formula is C21H27NO6. The number of carbonyl (C=O) groups is 2. The van der Waals surface area contributed by atoms with Gasteiger partial charge in [0, 0.05) is 12.8 Å². The van der Waals surface area contributed by atoms with E-state index in [0.29, 0.717) is 49.7 Å². The van der Waals surface area contributed by atoms with Crippen molar-refractivity contribution in [2.45, 2.75) is 52.5 Å². The molecular weight excluding hydrogens is 362 g/mol. The molecule has 0 saturated heterocycles. The molecule has 1 fully saturated rings. The van der Waals surface area contributed by atoms with Crippen molar-refractivity contribution in [3.05, 3.63) is 35.1 Å². The van der Waals surface area contributed by atoms with Crippen molar-refractivity contribution in [1.29, 1.82) is 0 Å². The minimum Gasteiger partial charge on any atom is -0.511 e. The minimum absolute atomic E-state index is 0.104. The van der Waals surface area contributed by atoms with Gasteiger partial charge in [-0.1, -0.05) is 6.07 Å². The average molecular weight is 389 g/mol. The molecule has 2 rings (SSSR count). The topological polar surface area (TPSA) is 105 Å². The van der Waals surface area contributed by atoms with Crippen LogP contribution in [0.25, 0.3) is 0 Å². The van der Waals surface area contributed by atoms with Gasteiger partial charge < -0.3 is 19.7 Å². The van der Waals surface area contributed by atoms with Crippen molar-refractivity contribution in [2.24, 2.45) is 4.99 Å². The molecule has 0 aromatic heterocycles. The largest absolute Gasteiger partial charge is 0.511 e. The van der Waals surface area contributed by atoms with Crippen molar-refractivity contribution in [1.82, 2.24) is 0 Å². The summed E-state index contributed by atoms with van der Waals surface area (Å²) in [7, 11) is 0. The number of carboxylic acids is 1. The Kier molecular flexibility index (Phi) is 7.61. The van der Waals surface area contributed by atoms with Crippen LogP contribution in [0.3, 0.4) is 0 Å². The van der Waals surface area contributed by atoms with Gasteiger partial charge in [0.2, 0.25) is 0 Å². The molecule has 0 amide bonds. The van der Waals surface area contributed by atoms with Crippen LogP contribution < -0.4 is 9.47 Å². The van der Waals surface area contributed by atoms with Crippen LogP contribution in [-0.4, -0.2) is 46.9 Å². The van der Waals surface area contributed by atoms with E-state index < -0.39 is 12.0 Å². The molecule has 1 aromatic carbocycles. The Morgan fingerprint density at radius 3 is 2.46 bits per heavy atom. The normalized spacial score (nSPS) is 18.7. The molecule has 7 nitrogen and oxygen atoms in total. The van der Waals surface area contributed by atoms with E-state index in [4.69, 9.17) is 14.6 Å².